The molecule has 2 unspecified atom stereocenters. The number of carbonyl (C=O) groups excluding carboxylic acids is 6. The maximum atomic E-state index is 13.6. The molecule has 68 heavy (non-hydrogen) atoms. The van der Waals surface area contributed by atoms with Gasteiger partial charge in [0.2, 0.25) is 12.1 Å². The van der Waals surface area contributed by atoms with Crippen molar-refractivity contribution in [1.82, 2.24) is 0 Å². The number of halogens is 10. The number of amides is 4. The van der Waals surface area contributed by atoms with E-state index in [-0.39, 0.29) is 54.0 Å². The third-order valence-corrected chi connectivity index (χ3v) is 10.2. The van der Waals surface area contributed by atoms with Crippen LogP contribution in [0.5, 0.6) is 0 Å². The highest BCUT2D eigenvalue weighted by Gasteiger charge is 2.36. The Morgan fingerprint density at radius 1 is 0.500 bits per heavy atom. The van der Waals surface area contributed by atoms with Crippen molar-refractivity contribution in [3.05, 3.63) is 138 Å². The predicted molar refractivity (Wildman–Crippen MR) is 243 cm³/mol. The van der Waals surface area contributed by atoms with Crippen LogP contribution in [-0.2, 0) is 31.5 Å². The fourth-order valence-electron chi connectivity index (χ4n) is 6.16. The fraction of sp³-hybridized carbons (Fsp3) is 0.182. The molecule has 0 saturated carbocycles. The van der Waals surface area contributed by atoms with E-state index in [4.69, 9.17) is 46.4 Å². The molecule has 354 valence electrons. The second kappa shape index (κ2) is 21.5. The summed E-state index contributed by atoms with van der Waals surface area (Å²) in [5, 5.41) is 24.3. The van der Waals surface area contributed by atoms with Crippen molar-refractivity contribution in [1.29, 1.82) is 0 Å². The van der Waals surface area contributed by atoms with Crippen molar-refractivity contribution in [2.45, 2.75) is 52.1 Å². The van der Waals surface area contributed by atoms with E-state index in [1.807, 2.05) is 0 Å². The number of azo groups is 2. The van der Waals surface area contributed by atoms with Gasteiger partial charge in [0, 0.05) is 42.6 Å². The molecule has 0 spiro atoms. The van der Waals surface area contributed by atoms with E-state index in [1.165, 1.54) is 24.3 Å². The Kier molecular flexibility index (Phi) is 16.5. The first-order valence-electron chi connectivity index (χ1n) is 19.2. The Labute approximate surface area is 401 Å². The third-order valence-electron chi connectivity index (χ3n) is 9.25. The molecule has 0 saturated heterocycles. The number of anilines is 4. The summed E-state index contributed by atoms with van der Waals surface area (Å²) in [6, 6.07) is 11.8. The Morgan fingerprint density at radius 2 is 0.882 bits per heavy atom. The van der Waals surface area contributed by atoms with Gasteiger partial charge in [-0.2, -0.15) is 46.8 Å². The van der Waals surface area contributed by atoms with Gasteiger partial charge in [0.25, 0.3) is 23.6 Å². The van der Waals surface area contributed by atoms with E-state index in [2.05, 4.69) is 41.7 Å². The fourth-order valence-corrected chi connectivity index (χ4v) is 6.96. The van der Waals surface area contributed by atoms with Crippen LogP contribution >= 0.6 is 46.4 Å². The Morgan fingerprint density at radius 3 is 1.25 bits per heavy atom. The van der Waals surface area contributed by atoms with E-state index in [1.54, 1.807) is 13.8 Å². The summed E-state index contributed by atoms with van der Waals surface area (Å²) in [7, 11) is 0. The van der Waals surface area contributed by atoms with Crippen molar-refractivity contribution < 1.29 is 55.1 Å². The molecule has 0 bridgehead atoms. The molecule has 0 aliphatic rings. The van der Waals surface area contributed by atoms with Crippen molar-refractivity contribution >= 4 is 116 Å². The van der Waals surface area contributed by atoms with Gasteiger partial charge in [-0.3, -0.25) is 28.8 Å². The van der Waals surface area contributed by atoms with Crippen LogP contribution in [0.2, 0.25) is 20.1 Å². The quantitative estimate of drug-likeness (QED) is 0.0484. The van der Waals surface area contributed by atoms with E-state index in [0.717, 1.165) is 62.4 Å². The molecular weight excluding hydrogens is 992 g/mol. The second-order valence-electron chi connectivity index (χ2n) is 14.6. The molecule has 14 nitrogen and oxygen atoms in total. The number of nitrogens with zero attached hydrogens (tertiary/aromatic N) is 4. The normalized spacial score (nSPS) is 12.7. The third kappa shape index (κ3) is 13.7. The number of benzene rings is 5. The first-order chi connectivity index (χ1) is 31.7. The van der Waals surface area contributed by atoms with E-state index in [9.17, 15) is 55.1 Å². The van der Waals surface area contributed by atoms with Crippen molar-refractivity contribution in [2.75, 3.05) is 21.3 Å². The molecule has 0 aliphatic heterocycles. The van der Waals surface area contributed by atoms with E-state index >= 15 is 0 Å². The van der Waals surface area contributed by atoms with Crippen molar-refractivity contribution in [3.63, 3.8) is 0 Å². The second-order valence-corrected chi connectivity index (χ2v) is 16.3. The van der Waals surface area contributed by atoms with Gasteiger partial charge >= 0.3 is 12.4 Å². The molecule has 0 aromatic heterocycles. The summed E-state index contributed by atoms with van der Waals surface area (Å²) in [5.41, 5.74) is -3.25. The number of ketones is 2. The molecule has 5 rings (SSSR count). The van der Waals surface area contributed by atoms with E-state index < -0.39 is 82.1 Å². The lowest BCUT2D eigenvalue weighted by Crippen LogP contribution is -2.33. The minimum Gasteiger partial charge on any atom is -0.324 e. The molecule has 5 aromatic carbocycles. The first kappa shape index (κ1) is 52.2. The number of aryl methyl sites for hydroxylation is 2. The zero-order valence-electron chi connectivity index (χ0n) is 35.3. The van der Waals surface area contributed by atoms with Crippen molar-refractivity contribution in [3.8, 4) is 0 Å². The van der Waals surface area contributed by atoms with Gasteiger partial charge in [0.15, 0.2) is 11.6 Å². The number of Topliss-reactive ketones (excluding diaryl/α,β-unsaturated/α-hetero) is 2. The number of carbonyl (C=O) groups is 6. The minimum absolute atomic E-state index is 0.0816. The predicted octanol–water partition coefficient (Wildman–Crippen LogP) is 12.8. The Balaban J connectivity index is 1.28. The van der Waals surface area contributed by atoms with Gasteiger partial charge in [-0.25, -0.2) is 0 Å². The Bertz CT molecular complexity index is 2910. The lowest BCUT2D eigenvalue weighted by molar-refractivity contribution is -0.137. The topological polar surface area (TPSA) is 200 Å². The summed E-state index contributed by atoms with van der Waals surface area (Å²) in [4.78, 5) is 77.9. The summed E-state index contributed by atoms with van der Waals surface area (Å²) < 4.78 is 81.6. The highest BCUT2D eigenvalue weighted by Crippen LogP contribution is 2.38. The molecule has 0 aliphatic carbocycles. The number of alkyl halides is 6. The molecule has 0 fully saturated rings. The van der Waals surface area contributed by atoms with Crippen LogP contribution < -0.4 is 21.3 Å². The zero-order chi connectivity index (χ0) is 50.4. The average Bonchev–Trinajstić information content (AvgIpc) is 3.22. The largest absolute Gasteiger partial charge is 0.418 e. The number of hydrogen-bond donors (Lipinski definition) is 4. The summed E-state index contributed by atoms with van der Waals surface area (Å²) >= 11 is 23.8. The van der Waals surface area contributed by atoms with Crippen LogP contribution in [0.1, 0.15) is 56.8 Å². The molecule has 0 heterocycles. The average molecular weight is 1020 g/mol. The minimum atomic E-state index is -4.85. The molecule has 2 atom stereocenters. The van der Waals surface area contributed by atoms with Gasteiger partial charge in [-0.15, -0.1) is 0 Å². The Hall–Kier alpha value is -6.74. The highest BCUT2D eigenvalue weighted by atomic mass is 35.5. The molecular formula is C44H32Cl4F6N8O6. The maximum absolute atomic E-state index is 13.6. The van der Waals surface area contributed by atoms with Crippen LogP contribution in [0.25, 0.3) is 0 Å². The van der Waals surface area contributed by atoms with Crippen molar-refractivity contribution in [2.24, 2.45) is 20.5 Å². The lowest BCUT2D eigenvalue weighted by Gasteiger charge is -2.17. The molecule has 0 radical (unpaired) electrons. The van der Waals surface area contributed by atoms with Crippen LogP contribution in [0, 0.1) is 13.8 Å². The number of nitrogens with one attached hydrogen (secondary N) is 4. The SMILES string of the molecule is CC(=O)C(N=Nc1cc(Cl)cc(C(=O)Nc2ccc(Cl)cc2C(F)(F)F)c1)C(=O)Nc1cc(C)c(NC(=O)C(N=Nc2cc(Cl)cc(C(=O)Nc3ccc(Cl)cc3C(F)(F)F)c2)C(C)=O)c(C)c1. The number of hydrogen-bond acceptors (Lipinski definition) is 10. The number of rotatable bonds is 14. The smallest absolute Gasteiger partial charge is 0.324 e. The molecule has 24 heteroatoms. The molecule has 5 aromatic rings. The van der Waals surface area contributed by atoms with Crippen LogP contribution in [0.15, 0.2) is 105 Å². The summed E-state index contributed by atoms with van der Waals surface area (Å²) in [6.45, 7) is 5.22. The highest BCUT2D eigenvalue weighted by molar-refractivity contribution is 6.32. The first-order valence-corrected chi connectivity index (χ1v) is 20.7. The monoisotopic (exact) mass is 1020 g/mol. The summed E-state index contributed by atoms with van der Waals surface area (Å²) in [5.74, 6) is -5.42. The molecule has 4 N–H and O–H groups in total. The standard InChI is InChI=1S/C44H32Cl4F6N8O6/c1-19-9-29(55-41(67)37(21(3)63)61-59-30-13-23(11-27(47)15-30)39(65)56-34-7-5-25(45)17-32(34)43(49,50)51)10-20(2)36(19)58-42(68)38(22(4)64)62-60-31-14-24(12-28(48)16-31)40(66)57-35-8-6-26(46)18-33(35)44(52,53)54/h5-18,37-38H,1-4H3,(H,55,67)(H,56,65)(H,57,66)(H,58,68). The van der Waals surface area contributed by atoms with Gasteiger partial charge < -0.3 is 21.3 Å². The van der Waals surface area contributed by atoms with Gasteiger partial charge in [0.05, 0.1) is 33.9 Å². The van der Waals surface area contributed by atoms with Crippen LogP contribution in [0.4, 0.5) is 60.5 Å². The van der Waals surface area contributed by atoms with Gasteiger partial charge in [0.1, 0.15) is 0 Å². The molecule has 4 amide bonds. The summed E-state index contributed by atoms with van der Waals surface area (Å²) in [6.07, 6.45) is -9.70. The van der Waals surface area contributed by atoms with Gasteiger partial charge in [-0.1, -0.05) is 46.4 Å². The van der Waals surface area contributed by atoms with Gasteiger partial charge in [-0.05, 0) is 124 Å². The van der Waals surface area contributed by atoms with Crippen LogP contribution in [0.3, 0.4) is 0 Å². The van der Waals surface area contributed by atoms with E-state index in [0.29, 0.717) is 23.3 Å². The van der Waals surface area contributed by atoms with Crippen LogP contribution in [-0.4, -0.2) is 47.3 Å². The lowest BCUT2D eigenvalue weighted by atomic mass is 10.1. The zero-order valence-corrected chi connectivity index (χ0v) is 38.3. The maximum Gasteiger partial charge on any atom is 0.418 e.